The maximum Gasteiger partial charge on any atom is 0.222 e. The number of piperazine rings is 1. The first-order valence-electron chi connectivity index (χ1n) is 7.84. The summed E-state index contributed by atoms with van der Waals surface area (Å²) in [5.74, 6) is 0.840. The van der Waals surface area contributed by atoms with Crippen molar-refractivity contribution in [3.8, 4) is 0 Å². The number of nitrogens with two attached hydrogens (primary N) is 1. The third kappa shape index (κ3) is 5.11. The molecule has 0 saturated carbocycles. The zero-order valence-corrected chi connectivity index (χ0v) is 12.9. The van der Waals surface area contributed by atoms with E-state index in [1.165, 1.54) is 0 Å². The van der Waals surface area contributed by atoms with Crippen molar-refractivity contribution in [1.82, 2.24) is 9.80 Å². The normalized spacial score (nSPS) is 20.3. The van der Waals surface area contributed by atoms with Crippen LogP contribution in [0.15, 0.2) is 0 Å². The summed E-state index contributed by atoms with van der Waals surface area (Å²) >= 11 is 0. The van der Waals surface area contributed by atoms with Crippen LogP contribution in [-0.4, -0.2) is 54.5 Å². The van der Waals surface area contributed by atoms with E-state index in [-0.39, 0.29) is 0 Å². The number of amides is 1. The van der Waals surface area contributed by atoms with Crippen molar-refractivity contribution >= 4 is 5.91 Å². The molecule has 0 spiro atoms. The maximum absolute atomic E-state index is 12.1. The molecular weight excluding hydrogens is 238 g/mol. The van der Waals surface area contributed by atoms with Gasteiger partial charge in [-0.05, 0) is 25.3 Å². The second-order valence-corrected chi connectivity index (χ2v) is 5.77. The Labute approximate surface area is 118 Å². The van der Waals surface area contributed by atoms with Crippen LogP contribution >= 0.6 is 0 Å². The van der Waals surface area contributed by atoms with Crippen LogP contribution in [-0.2, 0) is 4.79 Å². The number of carbonyl (C=O) groups excluding carboxylic acids is 1. The van der Waals surface area contributed by atoms with E-state index in [4.69, 9.17) is 5.73 Å². The highest BCUT2D eigenvalue weighted by molar-refractivity contribution is 5.76. The lowest BCUT2D eigenvalue weighted by Gasteiger charge is -2.39. The minimum absolute atomic E-state index is 0.334. The summed E-state index contributed by atoms with van der Waals surface area (Å²) in [5.41, 5.74) is 5.67. The molecule has 1 heterocycles. The van der Waals surface area contributed by atoms with Gasteiger partial charge in [0.05, 0.1) is 0 Å². The van der Waals surface area contributed by atoms with E-state index in [0.29, 0.717) is 24.3 Å². The molecule has 0 aliphatic carbocycles. The molecule has 0 aromatic carbocycles. The molecular formula is C15H31N3O. The standard InChI is InChI=1S/C15H31N3O/c1-4-13(3)12-15(19)18-10-8-17(9-11-18)14(5-2)6-7-16/h13-14H,4-12,16H2,1-3H3. The van der Waals surface area contributed by atoms with Gasteiger partial charge in [0.25, 0.3) is 0 Å². The molecule has 4 heteroatoms. The average molecular weight is 269 g/mol. The fourth-order valence-electron chi connectivity index (χ4n) is 2.75. The van der Waals surface area contributed by atoms with E-state index >= 15 is 0 Å². The molecule has 4 nitrogen and oxygen atoms in total. The van der Waals surface area contributed by atoms with Crippen LogP contribution in [0.5, 0.6) is 0 Å². The van der Waals surface area contributed by atoms with Gasteiger partial charge in [0.15, 0.2) is 0 Å². The summed E-state index contributed by atoms with van der Waals surface area (Å²) in [6.07, 6.45) is 4.01. The van der Waals surface area contributed by atoms with Gasteiger partial charge in [-0.2, -0.15) is 0 Å². The Kier molecular flexibility index (Phi) is 7.39. The molecule has 1 aliphatic rings. The number of nitrogens with zero attached hydrogens (tertiary/aromatic N) is 2. The van der Waals surface area contributed by atoms with Gasteiger partial charge in [-0.1, -0.05) is 27.2 Å². The Morgan fingerprint density at radius 1 is 1.16 bits per heavy atom. The molecule has 0 aromatic heterocycles. The van der Waals surface area contributed by atoms with E-state index in [1.54, 1.807) is 0 Å². The summed E-state index contributed by atoms with van der Waals surface area (Å²) in [4.78, 5) is 16.7. The third-order valence-corrected chi connectivity index (χ3v) is 4.37. The Hall–Kier alpha value is -0.610. The molecule has 1 saturated heterocycles. The summed E-state index contributed by atoms with van der Waals surface area (Å²) in [7, 11) is 0. The highest BCUT2D eigenvalue weighted by atomic mass is 16.2. The second-order valence-electron chi connectivity index (χ2n) is 5.77. The molecule has 0 aromatic rings. The zero-order chi connectivity index (χ0) is 14.3. The summed E-state index contributed by atoms with van der Waals surface area (Å²) < 4.78 is 0. The van der Waals surface area contributed by atoms with Gasteiger partial charge in [-0.3, -0.25) is 9.69 Å². The van der Waals surface area contributed by atoms with Crippen molar-refractivity contribution in [2.45, 2.75) is 52.5 Å². The summed E-state index contributed by atoms with van der Waals surface area (Å²) in [6.45, 7) is 11.1. The molecule has 0 radical (unpaired) electrons. The van der Waals surface area contributed by atoms with Crippen LogP contribution in [0, 0.1) is 5.92 Å². The molecule has 1 aliphatic heterocycles. The molecule has 0 bridgehead atoms. The van der Waals surface area contributed by atoms with Crippen LogP contribution in [0.1, 0.15) is 46.5 Å². The summed E-state index contributed by atoms with van der Waals surface area (Å²) in [6, 6.07) is 0.594. The first-order valence-corrected chi connectivity index (χ1v) is 7.84. The van der Waals surface area contributed by atoms with Crippen LogP contribution in [0.25, 0.3) is 0 Å². The molecule has 2 atom stereocenters. The lowest BCUT2D eigenvalue weighted by Crippen LogP contribution is -2.52. The highest BCUT2D eigenvalue weighted by Gasteiger charge is 2.25. The molecule has 19 heavy (non-hydrogen) atoms. The molecule has 2 unspecified atom stereocenters. The van der Waals surface area contributed by atoms with Gasteiger partial charge >= 0.3 is 0 Å². The Balaban J connectivity index is 2.37. The van der Waals surface area contributed by atoms with Crippen molar-refractivity contribution in [2.75, 3.05) is 32.7 Å². The SMILES string of the molecule is CCC(C)CC(=O)N1CCN(C(CC)CCN)CC1. The largest absolute Gasteiger partial charge is 0.340 e. The van der Waals surface area contributed by atoms with Crippen LogP contribution in [0.4, 0.5) is 0 Å². The fraction of sp³-hybridized carbons (Fsp3) is 0.933. The molecule has 1 fully saturated rings. The lowest BCUT2D eigenvalue weighted by atomic mass is 10.0. The number of hydrogen-bond donors (Lipinski definition) is 1. The van der Waals surface area contributed by atoms with Crippen molar-refractivity contribution in [2.24, 2.45) is 11.7 Å². The predicted octanol–water partition coefficient (Wildman–Crippen LogP) is 1.69. The zero-order valence-electron chi connectivity index (χ0n) is 12.9. The van der Waals surface area contributed by atoms with Gasteiger partial charge in [0, 0.05) is 38.6 Å². The van der Waals surface area contributed by atoms with E-state index in [9.17, 15) is 4.79 Å². The predicted molar refractivity (Wildman–Crippen MR) is 80.0 cm³/mol. The monoisotopic (exact) mass is 269 g/mol. The summed E-state index contributed by atoms with van der Waals surface area (Å²) in [5, 5.41) is 0. The lowest BCUT2D eigenvalue weighted by molar-refractivity contribution is -0.134. The Morgan fingerprint density at radius 2 is 1.79 bits per heavy atom. The number of carbonyl (C=O) groups is 1. The minimum Gasteiger partial charge on any atom is -0.340 e. The van der Waals surface area contributed by atoms with E-state index in [2.05, 4.69) is 25.7 Å². The van der Waals surface area contributed by atoms with Crippen LogP contribution in [0.3, 0.4) is 0 Å². The first-order chi connectivity index (χ1) is 9.12. The highest BCUT2D eigenvalue weighted by Crippen LogP contribution is 2.14. The molecule has 2 N–H and O–H groups in total. The molecule has 112 valence electrons. The van der Waals surface area contributed by atoms with Gasteiger partial charge in [-0.15, -0.1) is 0 Å². The maximum atomic E-state index is 12.1. The third-order valence-electron chi connectivity index (χ3n) is 4.37. The Bertz CT molecular complexity index is 262. The van der Waals surface area contributed by atoms with Crippen molar-refractivity contribution < 1.29 is 4.79 Å². The number of hydrogen-bond acceptors (Lipinski definition) is 3. The fourth-order valence-corrected chi connectivity index (χ4v) is 2.75. The van der Waals surface area contributed by atoms with Crippen LogP contribution in [0.2, 0.25) is 0 Å². The van der Waals surface area contributed by atoms with E-state index in [0.717, 1.165) is 52.0 Å². The van der Waals surface area contributed by atoms with Gasteiger partial charge in [-0.25, -0.2) is 0 Å². The second kappa shape index (κ2) is 8.54. The van der Waals surface area contributed by atoms with Crippen LogP contribution < -0.4 is 5.73 Å². The van der Waals surface area contributed by atoms with Gasteiger partial charge in [0.2, 0.25) is 5.91 Å². The van der Waals surface area contributed by atoms with E-state index < -0.39 is 0 Å². The molecule has 1 amide bonds. The van der Waals surface area contributed by atoms with Gasteiger partial charge < -0.3 is 10.6 Å². The average Bonchev–Trinajstić information content (AvgIpc) is 2.44. The Morgan fingerprint density at radius 3 is 2.26 bits per heavy atom. The minimum atomic E-state index is 0.334. The molecule has 1 rings (SSSR count). The quantitative estimate of drug-likeness (QED) is 0.765. The topological polar surface area (TPSA) is 49.6 Å². The van der Waals surface area contributed by atoms with Gasteiger partial charge in [0.1, 0.15) is 0 Å². The van der Waals surface area contributed by atoms with Crippen molar-refractivity contribution in [1.29, 1.82) is 0 Å². The van der Waals surface area contributed by atoms with Crippen molar-refractivity contribution in [3.63, 3.8) is 0 Å². The smallest absolute Gasteiger partial charge is 0.222 e. The first kappa shape index (κ1) is 16.4. The van der Waals surface area contributed by atoms with E-state index in [1.807, 2.05) is 4.90 Å². The van der Waals surface area contributed by atoms with Crippen molar-refractivity contribution in [3.05, 3.63) is 0 Å². The number of rotatable bonds is 7.